The Labute approximate surface area is 157 Å². The van der Waals surface area contributed by atoms with E-state index in [2.05, 4.69) is 37.5 Å². The quantitative estimate of drug-likeness (QED) is 0.758. The smallest absolute Gasteiger partial charge is 0.270 e. The summed E-state index contributed by atoms with van der Waals surface area (Å²) in [6, 6.07) is 13.9. The second-order valence-electron chi connectivity index (χ2n) is 7.45. The van der Waals surface area contributed by atoms with Gasteiger partial charge < -0.3 is 10.2 Å². The number of nitrogens with one attached hydrogen (secondary N) is 1. The summed E-state index contributed by atoms with van der Waals surface area (Å²) in [5, 5.41) is 13.6. The number of pyridine rings is 1. The Hall–Kier alpha value is -3.02. The van der Waals surface area contributed by atoms with Crippen LogP contribution in [0.15, 0.2) is 48.7 Å². The lowest BCUT2D eigenvalue weighted by Crippen LogP contribution is -2.52. The van der Waals surface area contributed by atoms with Crippen molar-refractivity contribution in [1.82, 2.24) is 20.5 Å². The fourth-order valence-corrected chi connectivity index (χ4v) is 3.61. The summed E-state index contributed by atoms with van der Waals surface area (Å²) in [6.45, 7) is 2.43. The van der Waals surface area contributed by atoms with Gasteiger partial charge in [-0.05, 0) is 36.4 Å². The monoisotopic (exact) mass is 359 g/mol. The van der Waals surface area contributed by atoms with Gasteiger partial charge in [-0.1, -0.05) is 24.3 Å². The molecule has 1 saturated carbocycles. The predicted octanol–water partition coefficient (Wildman–Crippen LogP) is 2.77. The van der Waals surface area contributed by atoms with E-state index in [-0.39, 0.29) is 5.91 Å². The normalized spacial score (nSPS) is 17.0. The lowest BCUT2D eigenvalue weighted by molar-refractivity contribution is 0.0941. The van der Waals surface area contributed by atoms with Crippen LogP contribution in [-0.4, -0.2) is 40.7 Å². The molecule has 136 valence electrons. The second-order valence-corrected chi connectivity index (χ2v) is 7.45. The number of nitrogens with zero attached hydrogens (tertiary/aromatic N) is 4. The molecule has 0 spiro atoms. The number of carbonyl (C=O) groups is 1. The summed E-state index contributed by atoms with van der Waals surface area (Å²) in [4.78, 5) is 19.0. The molecule has 0 atom stereocenters. The Morgan fingerprint density at radius 2 is 1.93 bits per heavy atom. The number of fused-ring (bicyclic) bond motifs is 1. The van der Waals surface area contributed by atoms with Crippen molar-refractivity contribution in [2.75, 3.05) is 24.5 Å². The largest absolute Gasteiger partial charge is 0.354 e. The molecule has 3 aromatic rings. The maximum Gasteiger partial charge on any atom is 0.270 e. The standard InChI is InChI=1S/C21H21N5O/c27-21(20-17-4-2-1-3-15(17)9-10-22-20)23-11-14-12-26(13-14)19-8-7-18(24-25-19)16-5-6-16/h1-4,7-10,14,16H,5-6,11-13H2,(H,23,27). The van der Waals surface area contributed by atoms with Crippen molar-refractivity contribution in [1.29, 1.82) is 0 Å². The van der Waals surface area contributed by atoms with Crippen molar-refractivity contribution < 1.29 is 4.79 Å². The molecule has 1 N–H and O–H groups in total. The zero-order valence-corrected chi connectivity index (χ0v) is 15.0. The van der Waals surface area contributed by atoms with Gasteiger partial charge in [-0.3, -0.25) is 9.78 Å². The van der Waals surface area contributed by atoms with E-state index in [1.807, 2.05) is 30.3 Å². The summed E-state index contributed by atoms with van der Waals surface area (Å²) in [5.74, 6) is 1.87. The first-order valence-electron chi connectivity index (χ1n) is 9.48. The molecule has 2 aliphatic rings. The number of hydrogen-bond acceptors (Lipinski definition) is 5. The number of rotatable bonds is 5. The maximum absolute atomic E-state index is 12.6. The highest BCUT2D eigenvalue weighted by atomic mass is 16.1. The average molecular weight is 359 g/mol. The van der Waals surface area contributed by atoms with Gasteiger partial charge in [0.25, 0.3) is 5.91 Å². The third-order valence-corrected chi connectivity index (χ3v) is 5.39. The highest BCUT2D eigenvalue weighted by Crippen LogP contribution is 2.38. The molecule has 3 heterocycles. The zero-order chi connectivity index (χ0) is 18.2. The Kier molecular flexibility index (Phi) is 3.96. The van der Waals surface area contributed by atoms with E-state index >= 15 is 0 Å². The van der Waals surface area contributed by atoms with Crippen LogP contribution in [0.1, 0.15) is 34.9 Å². The lowest BCUT2D eigenvalue weighted by atomic mass is 10.00. The fourth-order valence-electron chi connectivity index (χ4n) is 3.61. The van der Waals surface area contributed by atoms with Gasteiger partial charge in [-0.15, -0.1) is 5.10 Å². The third kappa shape index (κ3) is 3.23. The molecule has 6 nitrogen and oxygen atoms in total. The van der Waals surface area contributed by atoms with E-state index in [0.29, 0.717) is 24.1 Å². The summed E-state index contributed by atoms with van der Waals surface area (Å²) in [6.07, 6.45) is 4.17. The predicted molar refractivity (Wildman–Crippen MR) is 104 cm³/mol. The van der Waals surface area contributed by atoms with Crippen LogP contribution >= 0.6 is 0 Å². The molecule has 1 aromatic carbocycles. The van der Waals surface area contributed by atoms with Gasteiger partial charge in [0.2, 0.25) is 0 Å². The summed E-state index contributed by atoms with van der Waals surface area (Å²) < 4.78 is 0. The number of aromatic nitrogens is 3. The SMILES string of the molecule is O=C(NCC1CN(c2ccc(C3CC3)nn2)C1)c1nccc2ccccc12. The van der Waals surface area contributed by atoms with Crippen LogP contribution in [0.5, 0.6) is 0 Å². The minimum atomic E-state index is -0.112. The first kappa shape index (κ1) is 16.2. The van der Waals surface area contributed by atoms with Gasteiger partial charge in [0.15, 0.2) is 5.82 Å². The Morgan fingerprint density at radius 3 is 2.70 bits per heavy atom. The molecule has 1 amide bonds. The molecule has 1 saturated heterocycles. The molecule has 27 heavy (non-hydrogen) atoms. The van der Waals surface area contributed by atoms with Crippen molar-refractivity contribution in [3.63, 3.8) is 0 Å². The van der Waals surface area contributed by atoms with Gasteiger partial charge in [0.05, 0.1) is 5.69 Å². The lowest BCUT2D eigenvalue weighted by Gasteiger charge is -2.39. The Balaban J connectivity index is 1.16. The van der Waals surface area contributed by atoms with Crippen molar-refractivity contribution in [2.24, 2.45) is 5.92 Å². The van der Waals surface area contributed by atoms with Crippen LogP contribution in [0.4, 0.5) is 5.82 Å². The number of hydrogen-bond donors (Lipinski definition) is 1. The highest BCUT2D eigenvalue weighted by Gasteiger charge is 2.30. The Morgan fingerprint density at radius 1 is 1.07 bits per heavy atom. The molecular weight excluding hydrogens is 338 g/mol. The van der Waals surface area contributed by atoms with E-state index in [9.17, 15) is 4.79 Å². The van der Waals surface area contributed by atoms with Gasteiger partial charge in [0.1, 0.15) is 5.69 Å². The minimum Gasteiger partial charge on any atom is -0.354 e. The first-order chi connectivity index (χ1) is 13.3. The van der Waals surface area contributed by atoms with E-state index in [0.717, 1.165) is 35.4 Å². The molecule has 1 aliphatic heterocycles. The molecule has 2 aromatic heterocycles. The van der Waals surface area contributed by atoms with Crippen LogP contribution in [0.25, 0.3) is 10.8 Å². The van der Waals surface area contributed by atoms with Gasteiger partial charge in [-0.2, -0.15) is 5.10 Å². The van der Waals surface area contributed by atoms with Crippen molar-refractivity contribution >= 4 is 22.5 Å². The van der Waals surface area contributed by atoms with Crippen LogP contribution in [0.3, 0.4) is 0 Å². The van der Waals surface area contributed by atoms with Crippen molar-refractivity contribution in [2.45, 2.75) is 18.8 Å². The van der Waals surface area contributed by atoms with Crippen molar-refractivity contribution in [3.05, 3.63) is 60.0 Å². The van der Waals surface area contributed by atoms with E-state index in [1.165, 1.54) is 12.8 Å². The second kappa shape index (κ2) is 6.61. The van der Waals surface area contributed by atoms with Crippen molar-refractivity contribution in [3.8, 4) is 0 Å². The topological polar surface area (TPSA) is 71.0 Å². The number of carbonyl (C=O) groups excluding carboxylic acids is 1. The summed E-state index contributed by atoms with van der Waals surface area (Å²) in [5.41, 5.74) is 1.61. The minimum absolute atomic E-state index is 0.112. The highest BCUT2D eigenvalue weighted by molar-refractivity contribution is 6.05. The number of benzene rings is 1. The van der Waals surface area contributed by atoms with Crippen LogP contribution in [-0.2, 0) is 0 Å². The Bertz CT molecular complexity index is 972. The van der Waals surface area contributed by atoms with Crippen LogP contribution in [0, 0.1) is 5.92 Å². The molecule has 1 aliphatic carbocycles. The zero-order valence-electron chi connectivity index (χ0n) is 15.0. The number of anilines is 1. The third-order valence-electron chi connectivity index (χ3n) is 5.39. The summed E-state index contributed by atoms with van der Waals surface area (Å²) in [7, 11) is 0. The van der Waals surface area contributed by atoms with E-state index in [1.54, 1.807) is 6.20 Å². The molecule has 0 radical (unpaired) electrons. The molecule has 0 unspecified atom stereocenters. The molecule has 6 heteroatoms. The fraction of sp³-hybridized carbons (Fsp3) is 0.333. The van der Waals surface area contributed by atoms with Gasteiger partial charge >= 0.3 is 0 Å². The van der Waals surface area contributed by atoms with Crippen LogP contribution in [0.2, 0.25) is 0 Å². The van der Waals surface area contributed by atoms with Gasteiger partial charge in [0, 0.05) is 43.1 Å². The molecule has 5 rings (SSSR count). The van der Waals surface area contributed by atoms with E-state index in [4.69, 9.17) is 0 Å². The summed E-state index contributed by atoms with van der Waals surface area (Å²) >= 11 is 0. The number of amides is 1. The maximum atomic E-state index is 12.6. The molecule has 0 bridgehead atoms. The molecular formula is C21H21N5O. The van der Waals surface area contributed by atoms with E-state index < -0.39 is 0 Å². The van der Waals surface area contributed by atoms with Crippen LogP contribution < -0.4 is 10.2 Å². The first-order valence-corrected chi connectivity index (χ1v) is 9.48. The van der Waals surface area contributed by atoms with Gasteiger partial charge in [-0.25, -0.2) is 0 Å². The molecule has 2 fully saturated rings. The average Bonchev–Trinajstić information content (AvgIpc) is 3.52.